The van der Waals surface area contributed by atoms with Gasteiger partial charge in [-0.2, -0.15) is 5.10 Å². The number of aromatic nitrogens is 2. The first kappa shape index (κ1) is 11.8. The van der Waals surface area contributed by atoms with E-state index in [1.54, 1.807) is 17.8 Å². The lowest BCUT2D eigenvalue weighted by atomic mass is 9.97. The fraction of sp³-hybridized carbons (Fsp3) is 0.286. The van der Waals surface area contributed by atoms with Crippen LogP contribution in [0.2, 0.25) is 0 Å². The molecule has 0 fully saturated rings. The number of ether oxygens (including phenoxy) is 1. The molecule has 2 aromatic rings. The maximum absolute atomic E-state index is 11.0. The number of nitrogens with zero attached hydrogens (tertiary/aromatic N) is 2. The Bertz CT molecular complexity index is 674. The highest BCUT2D eigenvalue weighted by molar-refractivity contribution is 5.87. The number of aryl methyl sites for hydroxylation is 2. The van der Waals surface area contributed by atoms with Crippen LogP contribution in [0.4, 0.5) is 0 Å². The first-order valence-corrected chi connectivity index (χ1v) is 6.11. The highest BCUT2D eigenvalue weighted by Gasteiger charge is 2.22. The number of rotatable bonds is 2. The van der Waals surface area contributed by atoms with E-state index in [0.29, 0.717) is 6.61 Å². The summed E-state index contributed by atoms with van der Waals surface area (Å²) in [4.78, 5) is 11.0. The smallest absolute Gasteiger partial charge is 0.356 e. The quantitative estimate of drug-likeness (QED) is 0.895. The highest BCUT2D eigenvalue weighted by atomic mass is 16.5. The number of hydrogen-bond acceptors (Lipinski definition) is 3. The SMILES string of the molecule is Cc1ccc2c(c1-c1cc(C(=O)O)nn1C)CCO2. The van der Waals surface area contributed by atoms with Crippen molar-refractivity contribution in [1.82, 2.24) is 9.78 Å². The lowest BCUT2D eigenvalue weighted by molar-refractivity contribution is 0.0689. The van der Waals surface area contributed by atoms with Gasteiger partial charge in [0.05, 0.1) is 12.3 Å². The average Bonchev–Trinajstić information content (AvgIpc) is 2.96. The van der Waals surface area contributed by atoms with E-state index in [1.165, 1.54) is 0 Å². The van der Waals surface area contributed by atoms with Crippen molar-refractivity contribution in [2.45, 2.75) is 13.3 Å². The van der Waals surface area contributed by atoms with Crippen LogP contribution in [-0.2, 0) is 13.5 Å². The van der Waals surface area contributed by atoms with Crippen molar-refractivity contribution >= 4 is 5.97 Å². The zero-order chi connectivity index (χ0) is 13.6. The van der Waals surface area contributed by atoms with Gasteiger partial charge in [0.15, 0.2) is 5.69 Å². The summed E-state index contributed by atoms with van der Waals surface area (Å²) in [6, 6.07) is 5.58. The Morgan fingerprint density at radius 2 is 2.26 bits per heavy atom. The molecule has 3 rings (SSSR count). The molecule has 0 aliphatic carbocycles. The summed E-state index contributed by atoms with van der Waals surface area (Å²) < 4.78 is 7.18. The van der Waals surface area contributed by atoms with Gasteiger partial charge in [0, 0.05) is 24.6 Å². The van der Waals surface area contributed by atoms with Crippen molar-refractivity contribution in [2.75, 3.05) is 6.61 Å². The van der Waals surface area contributed by atoms with Crippen molar-refractivity contribution in [3.63, 3.8) is 0 Å². The number of hydrogen-bond donors (Lipinski definition) is 1. The summed E-state index contributed by atoms with van der Waals surface area (Å²) >= 11 is 0. The predicted molar refractivity (Wildman–Crippen MR) is 69.5 cm³/mol. The van der Waals surface area contributed by atoms with Crippen LogP contribution >= 0.6 is 0 Å². The minimum Gasteiger partial charge on any atom is -0.493 e. The molecule has 0 amide bonds. The third kappa shape index (κ3) is 1.78. The fourth-order valence-corrected chi connectivity index (χ4v) is 2.55. The highest BCUT2D eigenvalue weighted by Crippen LogP contribution is 2.37. The van der Waals surface area contributed by atoms with Crippen molar-refractivity contribution in [3.8, 4) is 17.0 Å². The van der Waals surface area contributed by atoms with Gasteiger partial charge >= 0.3 is 5.97 Å². The number of aromatic carboxylic acids is 1. The van der Waals surface area contributed by atoms with Crippen molar-refractivity contribution < 1.29 is 14.6 Å². The summed E-state index contributed by atoms with van der Waals surface area (Å²) in [5, 5.41) is 13.1. The molecule has 1 aliphatic heterocycles. The molecule has 2 heterocycles. The van der Waals surface area contributed by atoms with E-state index in [-0.39, 0.29) is 5.69 Å². The second-order valence-electron chi connectivity index (χ2n) is 4.68. The van der Waals surface area contributed by atoms with Crippen molar-refractivity contribution in [1.29, 1.82) is 0 Å². The molecule has 0 bridgehead atoms. The zero-order valence-electron chi connectivity index (χ0n) is 10.8. The maximum atomic E-state index is 11.0. The van der Waals surface area contributed by atoms with Gasteiger partial charge in [-0.3, -0.25) is 4.68 Å². The Hall–Kier alpha value is -2.30. The lowest BCUT2D eigenvalue weighted by Gasteiger charge is -2.10. The number of benzene rings is 1. The Morgan fingerprint density at radius 1 is 1.47 bits per heavy atom. The molecule has 5 heteroatoms. The normalized spacial score (nSPS) is 13.2. The van der Waals surface area contributed by atoms with E-state index in [0.717, 1.165) is 34.6 Å². The molecule has 0 unspecified atom stereocenters. The second kappa shape index (κ2) is 4.12. The maximum Gasteiger partial charge on any atom is 0.356 e. The van der Waals surface area contributed by atoms with Crippen LogP contribution in [0, 0.1) is 6.92 Å². The summed E-state index contributed by atoms with van der Waals surface area (Å²) in [5.74, 6) is -0.123. The van der Waals surface area contributed by atoms with E-state index >= 15 is 0 Å². The van der Waals surface area contributed by atoms with E-state index in [9.17, 15) is 4.79 Å². The van der Waals surface area contributed by atoms with Gasteiger partial charge in [-0.05, 0) is 24.6 Å². The molecule has 5 nitrogen and oxygen atoms in total. The first-order chi connectivity index (χ1) is 9.08. The largest absolute Gasteiger partial charge is 0.493 e. The molecule has 0 spiro atoms. The monoisotopic (exact) mass is 258 g/mol. The van der Waals surface area contributed by atoms with Crippen molar-refractivity contribution in [2.24, 2.45) is 7.05 Å². The number of fused-ring (bicyclic) bond motifs is 1. The predicted octanol–water partition coefficient (Wildman–Crippen LogP) is 2.03. The Labute approximate surface area is 110 Å². The third-order valence-corrected chi connectivity index (χ3v) is 3.44. The average molecular weight is 258 g/mol. The van der Waals surface area contributed by atoms with Gasteiger partial charge in [-0.25, -0.2) is 4.79 Å². The molecular weight excluding hydrogens is 244 g/mol. The Morgan fingerprint density at radius 3 is 2.95 bits per heavy atom. The Balaban J connectivity index is 2.22. The minimum atomic E-state index is -1.01. The van der Waals surface area contributed by atoms with Gasteiger partial charge < -0.3 is 9.84 Å². The fourth-order valence-electron chi connectivity index (χ4n) is 2.55. The molecular formula is C14H14N2O3. The van der Waals surface area contributed by atoms with Crippen LogP contribution in [0.5, 0.6) is 5.75 Å². The van der Waals surface area contributed by atoms with Crippen LogP contribution in [-0.4, -0.2) is 27.5 Å². The Kier molecular flexibility index (Phi) is 2.55. The molecule has 1 aromatic carbocycles. The van der Waals surface area contributed by atoms with Gasteiger partial charge in [0.25, 0.3) is 0 Å². The summed E-state index contributed by atoms with van der Waals surface area (Å²) in [7, 11) is 1.76. The molecule has 0 saturated carbocycles. The molecule has 98 valence electrons. The molecule has 1 aromatic heterocycles. The number of carboxylic acids is 1. The van der Waals surface area contributed by atoms with Crippen LogP contribution in [0.3, 0.4) is 0 Å². The molecule has 0 radical (unpaired) electrons. The van der Waals surface area contributed by atoms with E-state index in [1.807, 2.05) is 19.1 Å². The lowest BCUT2D eigenvalue weighted by Crippen LogP contribution is -2.00. The second-order valence-corrected chi connectivity index (χ2v) is 4.68. The number of carbonyl (C=O) groups is 1. The first-order valence-electron chi connectivity index (χ1n) is 6.11. The van der Waals surface area contributed by atoms with Crippen LogP contribution in [0.25, 0.3) is 11.3 Å². The van der Waals surface area contributed by atoms with E-state index in [4.69, 9.17) is 9.84 Å². The zero-order valence-corrected chi connectivity index (χ0v) is 10.8. The topological polar surface area (TPSA) is 64.3 Å². The van der Waals surface area contributed by atoms with Crippen LogP contribution in [0.1, 0.15) is 21.6 Å². The van der Waals surface area contributed by atoms with Crippen LogP contribution in [0.15, 0.2) is 18.2 Å². The molecule has 0 atom stereocenters. The molecule has 19 heavy (non-hydrogen) atoms. The van der Waals surface area contributed by atoms with Crippen LogP contribution < -0.4 is 4.74 Å². The summed E-state index contributed by atoms with van der Waals surface area (Å²) in [6.45, 7) is 2.69. The third-order valence-electron chi connectivity index (χ3n) is 3.44. The van der Waals surface area contributed by atoms with Gasteiger partial charge in [-0.1, -0.05) is 6.07 Å². The van der Waals surface area contributed by atoms with Gasteiger partial charge in [-0.15, -0.1) is 0 Å². The van der Waals surface area contributed by atoms with E-state index in [2.05, 4.69) is 5.10 Å². The van der Waals surface area contributed by atoms with E-state index < -0.39 is 5.97 Å². The van der Waals surface area contributed by atoms with Crippen molar-refractivity contribution in [3.05, 3.63) is 35.0 Å². The summed E-state index contributed by atoms with van der Waals surface area (Å²) in [6.07, 6.45) is 0.847. The van der Waals surface area contributed by atoms with Gasteiger partial charge in [0.1, 0.15) is 5.75 Å². The molecule has 1 aliphatic rings. The number of carboxylic acid groups (broad SMARTS) is 1. The minimum absolute atomic E-state index is 0.0634. The molecule has 0 saturated heterocycles. The standard InChI is InChI=1S/C14H14N2O3/c1-8-3-4-12-9(5-6-19-12)13(8)11-7-10(14(17)18)15-16(11)2/h3-4,7H,5-6H2,1-2H3,(H,17,18). The summed E-state index contributed by atoms with van der Waals surface area (Å²) in [5.41, 5.74) is 4.16. The molecule has 1 N–H and O–H groups in total. The van der Waals surface area contributed by atoms with Gasteiger partial charge in [0.2, 0.25) is 0 Å².